The summed E-state index contributed by atoms with van der Waals surface area (Å²) < 4.78 is 0. The SMILES string of the molecule is CCCNc1ncnc(N(C)C)c1CC. The maximum absolute atomic E-state index is 4.29. The lowest BCUT2D eigenvalue weighted by atomic mass is 10.2. The van der Waals surface area contributed by atoms with Crippen molar-refractivity contribution in [1.29, 1.82) is 0 Å². The predicted molar refractivity (Wildman–Crippen MR) is 64.5 cm³/mol. The largest absolute Gasteiger partial charge is 0.370 e. The molecular formula is C11H20N4. The van der Waals surface area contributed by atoms with Gasteiger partial charge in [-0.05, 0) is 12.8 Å². The van der Waals surface area contributed by atoms with Crippen molar-refractivity contribution in [1.82, 2.24) is 9.97 Å². The molecule has 0 aliphatic heterocycles. The molecule has 0 atom stereocenters. The molecule has 0 saturated carbocycles. The Bertz CT molecular complexity index is 309. The van der Waals surface area contributed by atoms with Gasteiger partial charge in [-0.1, -0.05) is 13.8 Å². The van der Waals surface area contributed by atoms with Crippen LogP contribution in [0.1, 0.15) is 25.8 Å². The van der Waals surface area contributed by atoms with Gasteiger partial charge < -0.3 is 10.2 Å². The molecule has 0 unspecified atom stereocenters. The first-order valence-corrected chi connectivity index (χ1v) is 5.45. The smallest absolute Gasteiger partial charge is 0.136 e. The van der Waals surface area contributed by atoms with E-state index in [2.05, 4.69) is 29.1 Å². The number of hydrogen-bond donors (Lipinski definition) is 1. The summed E-state index contributed by atoms with van der Waals surface area (Å²) in [5, 5.41) is 3.33. The highest BCUT2D eigenvalue weighted by atomic mass is 15.2. The molecule has 1 aromatic rings. The summed E-state index contributed by atoms with van der Waals surface area (Å²) in [5.41, 5.74) is 1.19. The van der Waals surface area contributed by atoms with Crippen LogP contribution in [0.3, 0.4) is 0 Å². The average Bonchev–Trinajstić information content (AvgIpc) is 2.25. The number of hydrogen-bond acceptors (Lipinski definition) is 4. The van der Waals surface area contributed by atoms with Gasteiger partial charge in [0.25, 0.3) is 0 Å². The van der Waals surface area contributed by atoms with E-state index in [-0.39, 0.29) is 0 Å². The molecule has 0 aliphatic rings. The normalized spacial score (nSPS) is 10.1. The third-order valence-corrected chi connectivity index (χ3v) is 2.24. The van der Waals surface area contributed by atoms with Crippen LogP contribution in [0.4, 0.5) is 11.6 Å². The van der Waals surface area contributed by atoms with E-state index in [9.17, 15) is 0 Å². The minimum Gasteiger partial charge on any atom is -0.370 e. The Balaban J connectivity index is 2.99. The standard InChI is InChI=1S/C11H20N4/c1-5-7-12-10-9(6-2)11(15(3)4)14-8-13-10/h8H,5-7H2,1-4H3,(H,12,13,14). The quantitative estimate of drug-likeness (QED) is 0.802. The molecule has 1 aromatic heterocycles. The van der Waals surface area contributed by atoms with Crippen molar-refractivity contribution in [3.05, 3.63) is 11.9 Å². The molecule has 0 radical (unpaired) electrons. The molecule has 0 amide bonds. The second-order valence-electron chi connectivity index (χ2n) is 3.70. The van der Waals surface area contributed by atoms with Gasteiger partial charge >= 0.3 is 0 Å². The minimum atomic E-state index is 0.945. The number of nitrogens with one attached hydrogen (secondary N) is 1. The first-order chi connectivity index (χ1) is 7.20. The number of anilines is 2. The van der Waals surface area contributed by atoms with Crippen molar-refractivity contribution >= 4 is 11.6 Å². The Morgan fingerprint density at radius 2 is 2.00 bits per heavy atom. The molecule has 0 spiro atoms. The Morgan fingerprint density at radius 3 is 2.53 bits per heavy atom. The minimum absolute atomic E-state index is 0.945. The summed E-state index contributed by atoms with van der Waals surface area (Å²) in [7, 11) is 4.01. The zero-order chi connectivity index (χ0) is 11.3. The average molecular weight is 208 g/mol. The zero-order valence-electron chi connectivity index (χ0n) is 10.0. The van der Waals surface area contributed by atoms with Crippen LogP contribution < -0.4 is 10.2 Å². The lowest BCUT2D eigenvalue weighted by Crippen LogP contribution is -2.16. The van der Waals surface area contributed by atoms with E-state index in [0.717, 1.165) is 31.0 Å². The van der Waals surface area contributed by atoms with Gasteiger partial charge in [-0.2, -0.15) is 0 Å². The van der Waals surface area contributed by atoms with Crippen LogP contribution in [0.2, 0.25) is 0 Å². The maximum Gasteiger partial charge on any atom is 0.136 e. The van der Waals surface area contributed by atoms with Crippen LogP contribution in [-0.2, 0) is 6.42 Å². The van der Waals surface area contributed by atoms with Crippen molar-refractivity contribution < 1.29 is 0 Å². The van der Waals surface area contributed by atoms with Crippen LogP contribution in [-0.4, -0.2) is 30.6 Å². The molecule has 0 aromatic carbocycles. The molecule has 4 nitrogen and oxygen atoms in total. The molecule has 1 heterocycles. The second-order valence-corrected chi connectivity index (χ2v) is 3.70. The van der Waals surface area contributed by atoms with E-state index < -0.39 is 0 Å². The van der Waals surface area contributed by atoms with Gasteiger partial charge in [0.15, 0.2) is 0 Å². The Kier molecular flexibility index (Phi) is 4.34. The van der Waals surface area contributed by atoms with Crippen molar-refractivity contribution in [2.24, 2.45) is 0 Å². The van der Waals surface area contributed by atoms with E-state index in [1.165, 1.54) is 5.56 Å². The van der Waals surface area contributed by atoms with Gasteiger partial charge in [0.2, 0.25) is 0 Å². The fourth-order valence-corrected chi connectivity index (χ4v) is 1.51. The van der Waals surface area contributed by atoms with Crippen molar-refractivity contribution in [2.45, 2.75) is 26.7 Å². The molecule has 1 N–H and O–H groups in total. The third-order valence-electron chi connectivity index (χ3n) is 2.24. The van der Waals surface area contributed by atoms with Gasteiger partial charge in [0, 0.05) is 26.2 Å². The van der Waals surface area contributed by atoms with Crippen LogP contribution in [0.5, 0.6) is 0 Å². The molecule has 0 fully saturated rings. The van der Waals surface area contributed by atoms with Crippen LogP contribution in [0, 0.1) is 0 Å². The number of nitrogens with zero attached hydrogens (tertiary/aromatic N) is 3. The predicted octanol–water partition coefficient (Wildman–Crippen LogP) is 1.93. The first-order valence-electron chi connectivity index (χ1n) is 5.45. The Morgan fingerprint density at radius 1 is 1.27 bits per heavy atom. The van der Waals surface area contributed by atoms with Crippen LogP contribution >= 0.6 is 0 Å². The molecule has 0 bridgehead atoms. The zero-order valence-corrected chi connectivity index (χ0v) is 10.0. The second kappa shape index (κ2) is 5.53. The van der Waals surface area contributed by atoms with E-state index in [0.29, 0.717) is 0 Å². The van der Waals surface area contributed by atoms with Crippen molar-refractivity contribution in [3.63, 3.8) is 0 Å². The molecule has 84 valence electrons. The lowest BCUT2D eigenvalue weighted by molar-refractivity contribution is 0.933. The summed E-state index contributed by atoms with van der Waals surface area (Å²) in [4.78, 5) is 10.6. The number of aromatic nitrogens is 2. The molecule has 0 aliphatic carbocycles. The van der Waals surface area contributed by atoms with Crippen LogP contribution in [0.15, 0.2) is 6.33 Å². The summed E-state index contributed by atoms with van der Waals surface area (Å²) in [6.07, 6.45) is 3.66. The van der Waals surface area contributed by atoms with E-state index in [1.807, 2.05) is 19.0 Å². The van der Waals surface area contributed by atoms with Crippen LogP contribution in [0.25, 0.3) is 0 Å². The van der Waals surface area contributed by atoms with Gasteiger partial charge in [-0.15, -0.1) is 0 Å². The van der Waals surface area contributed by atoms with E-state index >= 15 is 0 Å². The highest BCUT2D eigenvalue weighted by Crippen LogP contribution is 2.21. The van der Waals surface area contributed by atoms with Gasteiger partial charge in [0.1, 0.15) is 18.0 Å². The fourth-order valence-electron chi connectivity index (χ4n) is 1.51. The van der Waals surface area contributed by atoms with E-state index in [4.69, 9.17) is 0 Å². The Labute approximate surface area is 91.7 Å². The summed E-state index contributed by atoms with van der Waals surface area (Å²) in [5.74, 6) is 1.98. The summed E-state index contributed by atoms with van der Waals surface area (Å²) in [6, 6.07) is 0. The Hall–Kier alpha value is -1.32. The van der Waals surface area contributed by atoms with Crippen molar-refractivity contribution in [2.75, 3.05) is 30.9 Å². The highest BCUT2D eigenvalue weighted by molar-refractivity contribution is 5.58. The summed E-state index contributed by atoms with van der Waals surface area (Å²) in [6.45, 7) is 5.23. The monoisotopic (exact) mass is 208 g/mol. The third kappa shape index (κ3) is 2.81. The maximum atomic E-state index is 4.29. The van der Waals surface area contributed by atoms with Crippen molar-refractivity contribution in [3.8, 4) is 0 Å². The fraction of sp³-hybridized carbons (Fsp3) is 0.636. The molecule has 0 saturated heterocycles. The number of rotatable bonds is 5. The topological polar surface area (TPSA) is 41.1 Å². The molecule has 1 rings (SSSR count). The lowest BCUT2D eigenvalue weighted by Gasteiger charge is -2.17. The van der Waals surface area contributed by atoms with Gasteiger partial charge in [-0.3, -0.25) is 0 Å². The highest BCUT2D eigenvalue weighted by Gasteiger charge is 2.10. The van der Waals surface area contributed by atoms with Gasteiger partial charge in [0.05, 0.1) is 0 Å². The van der Waals surface area contributed by atoms with E-state index in [1.54, 1.807) is 6.33 Å². The first kappa shape index (κ1) is 11.8. The molecule has 15 heavy (non-hydrogen) atoms. The summed E-state index contributed by atoms with van der Waals surface area (Å²) >= 11 is 0. The molecule has 4 heteroatoms. The molecular weight excluding hydrogens is 188 g/mol. The van der Waals surface area contributed by atoms with Gasteiger partial charge in [-0.25, -0.2) is 9.97 Å².